The van der Waals surface area contributed by atoms with Crippen LogP contribution >= 0.6 is 22.9 Å². The zero-order valence-corrected chi connectivity index (χ0v) is 13.6. The molecule has 0 saturated heterocycles. The molecule has 21 heavy (non-hydrogen) atoms. The standard InChI is InChI=1S/C17H17ClN2S/c1-11(2)13-8-6-12(7-9-13)10-19-17-20-15-5-3-4-14(18)16(15)21-17/h3-9,11H,10H2,1-2H3,(H,19,20). The van der Waals surface area contributed by atoms with E-state index in [-0.39, 0.29) is 0 Å². The summed E-state index contributed by atoms with van der Waals surface area (Å²) < 4.78 is 1.04. The number of nitrogens with one attached hydrogen (secondary N) is 1. The summed E-state index contributed by atoms with van der Waals surface area (Å²) in [6.45, 7) is 5.19. The van der Waals surface area contributed by atoms with Gasteiger partial charge in [0.1, 0.15) is 0 Å². The first-order chi connectivity index (χ1) is 10.1. The Bertz CT molecular complexity index is 747. The van der Waals surface area contributed by atoms with Gasteiger partial charge in [-0.05, 0) is 29.2 Å². The first-order valence-electron chi connectivity index (χ1n) is 7.01. The fraction of sp³-hybridized carbons (Fsp3) is 0.235. The Morgan fingerprint density at radius 3 is 2.57 bits per heavy atom. The molecule has 0 amide bonds. The summed E-state index contributed by atoms with van der Waals surface area (Å²) in [6, 6.07) is 14.5. The van der Waals surface area contributed by atoms with Crippen molar-refractivity contribution in [3.63, 3.8) is 0 Å². The van der Waals surface area contributed by atoms with Crippen LogP contribution in [0.4, 0.5) is 5.13 Å². The van der Waals surface area contributed by atoms with Gasteiger partial charge in [-0.2, -0.15) is 0 Å². The second-order valence-electron chi connectivity index (χ2n) is 5.36. The number of hydrogen-bond acceptors (Lipinski definition) is 3. The molecule has 3 aromatic rings. The molecule has 4 heteroatoms. The highest BCUT2D eigenvalue weighted by atomic mass is 35.5. The summed E-state index contributed by atoms with van der Waals surface area (Å²) >= 11 is 7.77. The van der Waals surface area contributed by atoms with Crippen LogP contribution in [0, 0.1) is 0 Å². The van der Waals surface area contributed by atoms with E-state index in [9.17, 15) is 0 Å². The van der Waals surface area contributed by atoms with Crippen LogP contribution in [0.3, 0.4) is 0 Å². The Kier molecular flexibility index (Phi) is 4.13. The monoisotopic (exact) mass is 316 g/mol. The van der Waals surface area contributed by atoms with Gasteiger partial charge in [-0.1, -0.05) is 67.1 Å². The SMILES string of the molecule is CC(C)c1ccc(CNc2nc3cccc(Cl)c3s2)cc1. The smallest absolute Gasteiger partial charge is 0.184 e. The highest BCUT2D eigenvalue weighted by molar-refractivity contribution is 7.22. The first-order valence-corrected chi connectivity index (χ1v) is 8.20. The van der Waals surface area contributed by atoms with Crippen LogP contribution in [0.5, 0.6) is 0 Å². The summed E-state index contributed by atoms with van der Waals surface area (Å²) in [5.41, 5.74) is 3.57. The van der Waals surface area contributed by atoms with Crippen molar-refractivity contribution in [2.75, 3.05) is 5.32 Å². The number of anilines is 1. The van der Waals surface area contributed by atoms with E-state index in [1.54, 1.807) is 11.3 Å². The van der Waals surface area contributed by atoms with Gasteiger partial charge in [0, 0.05) is 6.54 Å². The maximum Gasteiger partial charge on any atom is 0.184 e. The largest absolute Gasteiger partial charge is 0.357 e. The number of fused-ring (bicyclic) bond motifs is 1. The molecule has 0 aliphatic heterocycles. The van der Waals surface area contributed by atoms with E-state index in [4.69, 9.17) is 11.6 Å². The molecule has 1 heterocycles. The van der Waals surface area contributed by atoms with Crippen molar-refractivity contribution in [3.05, 3.63) is 58.6 Å². The number of rotatable bonds is 4. The van der Waals surface area contributed by atoms with E-state index >= 15 is 0 Å². The molecule has 2 aromatic carbocycles. The van der Waals surface area contributed by atoms with Crippen LogP contribution in [0.1, 0.15) is 30.9 Å². The zero-order valence-electron chi connectivity index (χ0n) is 12.1. The minimum absolute atomic E-state index is 0.568. The van der Waals surface area contributed by atoms with Crippen molar-refractivity contribution in [2.24, 2.45) is 0 Å². The van der Waals surface area contributed by atoms with Gasteiger partial charge in [-0.25, -0.2) is 4.98 Å². The summed E-state index contributed by atoms with van der Waals surface area (Å²) in [5.74, 6) is 0.568. The Hall–Kier alpha value is -1.58. The van der Waals surface area contributed by atoms with Gasteiger partial charge in [0.25, 0.3) is 0 Å². The number of benzene rings is 2. The second kappa shape index (κ2) is 6.04. The lowest BCUT2D eigenvalue weighted by atomic mass is 10.0. The van der Waals surface area contributed by atoms with Gasteiger partial charge < -0.3 is 5.32 Å². The molecule has 0 unspecified atom stereocenters. The van der Waals surface area contributed by atoms with Gasteiger partial charge in [0.15, 0.2) is 5.13 Å². The van der Waals surface area contributed by atoms with E-state index in [0.717, 1.165) is 26.9 Å². The van der Waals surface area contributed by atoms with Gasteiger partial charge >= 0.3 is 0 Å². The van der Waals surface area contributed by atoms with Crippen molar-refractivity contribution in [1.82, 2.24) is 4.98 Å². The first kappa shape index (κ1) is 14.4. The molecular weight excluding hydrogens is 300 g/mol. The number of hydrogen-bond donors (Lipinski definition) is 1. The van der Waals surface area contributed by atoms with Crippen LogP contribution in [-0.2, 0) is 6.54 Å². The molecule has 1 aromatic heterocycles. The van der Waals surface area contributed by atoms with Crippen LogP contribution in [0.25, 0.3) is 10.2 Å². The van der Waals surface area contributed by atoms with E-state index in [1.165, 1.54) is 11.1 Å². The van der Waals surface area contributed by atoms with Gasteiger partial charge in [0.2, 0.25) is 0 Å². The quantitative estimate of drug-likeness (QED) is 0.669. The van der Waals surface area contributed by atoms with Gasteiger partial charge in [0.05, 0.1) is 15.2 Å². The Morgan fingerprint density at radius 2 is 1.90 bits per heavy atom. The lowest BCUT2D eigenvalue weighted by Crippen LogP contribution is -1.99. The number of halogens is 1. The summed E-state index contributed by atoms with van der Waals surface area (Å²) in [7, 11) is 0. The molecule has 0 fully saturated rings. The fourth-order valence-corrected chi connectivity index (χ4v) is 3.34. The fourth-order valence-electron chi connectivity index (χ4n) is 2.19. The van der Waals surface area contributed by atoms with E-state index in [1.807, 2.05) is 18.2 Å². The third-order valence-corrected chi connectivity index (χ3v) is 4.95. The van der Waals surface area contributed by atoms with Crippen LogP contribution in [-0.4, -0.2) is 4.98 Å². The minimum Gasteiger partial charge on any atom is -0.357 e. The predicted molar refractivity (Wildman–Crippen MR) is 92.5 cm³/mol. The number of thiazole rings is 1. The zero-order chi connectivity index (χ0) is 14.8. The maximum absolute atomic E-state index is 6.18. The highest BCUT2D eigenvalue weighted by Crippen LogP contribution is 2.31. The summed E-state index contributed by atoms with van der Waals surface area (Å²) in [4.78, 5) is 4.56. The lowest BCUT2D eigenvalue weighted by molar-refractivity contribution is 0.865. The molecule has 0 spiro atoms. The molecule has 0 bridgehead atoms. The van der Waals surface area contributed by atoms with Crippen molar-refractivity contribution in [2.45, 2.75) is 26.3 Å². The van der Waals surface area contributed by atoms with Crippen molar-refractivity contribution in [1.29, 1.82) is 0 Å². The molecule has 0 aliphatic carbocycles. The molecule has 1 N–H and O–H groups in total. The van der Waals surface area contributed by atoms with Crippen molar-refractivity contribution >= 4 is 38.3 Å². The van der Waals surface area contributed by atoms with Crippen LogP contribution in [0.2, 0.25) is 5.02 Å². The van der Waals surface area contributed by atoms with E-state index in [2.05, 4.69) is 48.4 Å². The minimum atomic E-state index is 0.568. The molecule has 108 valence electrons. The number of nitrogens with zero attached hydrogens (tertiary/aromatic N) is 1. The Morgan fingerprint density at radius 1 is 1.14 bits per heavy atom. The average Bonchev–Trinajstić information content (AvgIpc) is 2.90. The third-order valence-electron chi connectivity index (χ3n) is 3.46. The normalized spacial score (nSPS) is 11.2. The molecule has 0 saturated carbocycles. The summed E-state index contributed by atoms with van der Waals surface area (Å²) in [6.07, 6.45) is 0. The summed E-state index contributed by atoms with van der Waals surface area (Å²) in [5, 5.41) is 5.05. The molecule has 3 rings (SSSR count). The van der Waals surface area contributed by atoms with Crippen LogP contribution < -0.4 is 5.32 Å². The topological polar surface area (TPSA) is 24.9 Å². The van der Waals surface area contributed by atoms with Gasteiger partial charge in [-0.3, -0.25) is 0 Å². The molecule has 0 atom stereocenters. The van der Waals surface area contributed by atoms with E-state index < -0.39 is 0 Å². The highest BCUT2D eigenvalue weighted by Gasteiger charge is 2.06. The predicted octanol–water partition coefficient (Wildman–Crippen LogP) is 5.69. The average molecular weight is 317 g/mol. The van der Waals surface area contributed by atoms with Crippen LogP contribution in [0.15, 0.2) is 42.5 Å². The van der Waals surface area contributed by atoms with Crippen molar-refractivity contribution < 1.29 is 0 Å². The van der Waals surface area contributed by atoms with E-state index in [0.29, 0.717) is 5.92 Å². The van der Waals surface area contributed by atoms with Gasteiger partial charge in [-0.15, -0.1) is 0 Å². The molecule has 2 nitrogen and oxygen atoms in total. The maximum atomic E-state index is 6.18. The second-order valence-corrected chi connectivity index (χ2v) is 6.76. The molecule has 0 radical (unpaired) electrons. The Balaban J connectivity index is 1.72. The molecular formula is C17H17ClN2S. The lowest BCUT2D eigenvalue weighted by Gasteiger charge is -2.07. The third kappa shape index (κ3) is 3.20. The van der Waals surface area contributed by atoms with Crippen molar-refractivity contribution in [3.8, 4) is 0 Å². The molecule has 0 aliphatic rings. The number of aromatic nitrogens is 1. The Labute approximate surface area is 133 Å².